The molecule has 0 radical (unpaired) electrons. The summed E-state index contributed by atoms with van der Waals surface area (Å²) in [6.07, 6.45) is 3.58. The molecule has 0 aromatic rings. The van der Waals surface area contributed by atoms with Gasteiger partial charge in [0.15, 0.2) is 0 Å². The monoisotopic (exact) mass is 82.0 g/mol. The largest absolute Gasteiger partial charge is 0.352 e. The fraction of sp³-hybridized carbons (Fsp3) is 0.400. The molecule has 1 aliphatic rings. The molecule has 6 heavy (non-hydrogen) atoms. The molecule has 1 aliphatic heterocycles. The fourth-order valence-corrected chi connectivity index (χ4v) is 0.378. The van der Waals surface area contributed by atoms with Crippen LogP contribution in [0.1, 0.15) is 6.42 Å². The van der Waals surface area contributed by atoms with Crippen LogP contribution in [0.25, 0.3) is 0 Å². The first-order valence-electron chi connectivity index (χ1n) is 1.95. The van der Waals surface area contributed by atoms with Gasteiger partial charge in [-0.05, 0) is 0 Å². The third kappa shape index (κ3) is 0.482. The second kappa shape index (κ2) is 1.25. The van der Waals surface area contributed by atoms with Crippen LogP contribution >= 0.6 is 0 Å². The van der Waals surface area contributed by atoms with Crippen molar-refractivity contribution in [1.29, 1.82) is 0 Å². The van der Waals surface area contributed by atoms with E-state index >= 15 is 0 Å². The Labute approximate surface area is 37.0 Å². The summed E-state index contributed by atoms with van der Waals surface area (Å²) in [7, 11) is 0. The minimum absolute atomic E-state index is 0.777. The van der Waals surface area contributed by atoms with Crippen LogP contribution in [0.15, 0.2) is 12.2 Å². The molecule has 1 rings (SSSR count). The molecule has 1 nitrogen and oxygen atoms in total. The highest BCUT2D eigenvalue weighted by atomic mass is 16.4. The van der Waals surface area contributed by atoms with Crippen molar-refractivity contribution in [3.05, 3.63) is 12.2 Å². The van der Waals surface area contributed by atoms with E-state index in [0.29, 0.717) is 0 Å². The molecule has 0 amide bonds. The number of hydrogen-bond acceptors (Lipinski definition) is 0. The van der Waals surface area contributed by atoms with Crippen molar-refractivity contribution in [2.45, 2.75) is 6.42 Å². The lowest BCUT2D eigenvalue weighted by molar-refractivity contribution is 0.130. The maximum atomic E-state index is 4.71. The third-order valence-electron chi connectivity index (χ3n) is 0.722. The van der Waals surface area contributed by atoms with E-state index in [2.05, 4.69) is 12.9 Å². The van der Waals surface area contributed by atoms with Gasteiger partial charge in [-0.25, -0.2) is 6.58 Å². The van der Waals surface area contributed by atoms with Crippen LogP contribution in [0.3, 0.4) is 0 Å². The predicted octanol–water partition coefficient (Wildman–Crippen LogP) is 0.592. The molecule has 0 atom stereocenters. The van der Waals surface area contributed by atoms with Gasteiger partial charge in [0.25, 0.3) is 0 Å². The predicted molar refractivity (Wildman–Crippen MR) is 24.3 cm³/mol. The molecule has 0 aromatic carbocycles. The Morgan fingerprint density at radius 3 is 2.83 bits per heavy atom. The first-order chi connectivity index (χ1) is 2.89. The minimum atomic E-state index is 0.777. The van der Waals surface area contributed by atoms with Crippen LogP contribution in [0.5, 0.6) is 0 Å². The van der Waals surface area contributed by atoms with Crippen molar-refractivity contribution in [3.63, 3.8) is 0 Å². The van der Waals surface area contributed by atoms with E-state index in [-0.39, 0.29) is 0 Å². The molecule has 1 heteroatoms. The summed E-state index contributed by atoms with van der Waals surface area (Å²) in [5.74, 6) is 0. The van der Waals surface area contributed by atoms with E-state index in [1.54, 1.807) is 0 Å². The van der Waals surface area contributed by atoms with Gasteiger partial charge < -0.3 is 4.42 Å². The molecule has 0 N–H and O–H groups in total. The average molecular weight is 82.1 g/mol. The minimum Gasteiger partial charge on any atom is -0.352 e. The lowest BCUT2D eigenvalue weighted by Gasteiger charge is -1.74. The first-order valence-corrected chi connectivity index (χ1v) is 1.95. The normalized spacial score (nSPS) is 19.7. The smallest absolute Gasteiger partial charge is 0.240 e. The molecule has 32 valence electrons. The van der Waals surface area contributed by atoms with Gasteiger partial charge in [-0.2, -0.15) is 0 Å². The maximum Gasteiger partial charge on any atom is 0.240 e. The van der Waals surface area contributed by atoms with Crippen LogP contribution in [0, 0.1) is 0 Å². The summed E-state index contributed by atoms with van der Waals surface area (Å²) in [6.45, 7) is 4.39. The maximum absolute atomic E-state index is 4.71. The second-order valence-corrected chi connectivity index (χ2v) is 1.30. The molecule has 0 unspecified atom stereocenters. The van der Waals surface area contributed by atoms with Crippen LogP contribution < -0.4 is 0 Å². The Morgan fingerprint density at radius 1 is 1.83 bits per heavy atom. The van der Waals surface area contributed by atoms with E-state index in [1.807, 2.05) is 0 Å². The fourth-order valence-electron chi connectivity index (χ4n) is 0.378. The summed E-state index contributed by atoms with van der Waals surface area (Å²) in [6, 6.07) is 0. The van der Waals surface area contributed by atoms with Gasteiger partial charge in [-0.3, -0.25) is 0 Å². The third-order valence-corrected chi connectivity index (χ3v) is 0.722. The second-order valence-electron chi connectivity index (χ2n) is 1.30. The van der Waals surface area contributed by atoms with Gasteiger partial charge in [-0.15, -0.1) is 5.57 Å². The summed E-state index contributed by atoms with van der Waals surface area (Å²) in [5.41, 5.74) is 0.981. The Bertz CT molecular complexity index is 92.1. The summed E-state index contributed by atoms with van der Waals surface area (Å²) < 4.78 is 4.71. The lowest BCUT2D eigenvalue weighted by Crippen LogP contribution is -1.70. The van der Waals surface area contributed by atoms with Crippen molar-refractivity contribution in [2.24, 2.45) is 0 Å². The van der Waals surface area contributed by atoms with Crippen molar-refractivity contribution in [3.8, 4) is 0 Å². The Balaban J connectivity index is 2.59. The van der Waals surface area contributed by atoms with Crippen LogP contribution in [0.2, 0.25) is 0 Å². The van der Waals surface area contributed by atoms with E-state index in [0.717, 1.165) is 18.6 Å². The zero-order chi connectivity index (χ0) is 4.41. The Kier molecular flexibility index (Phi) is 0.748. The van der Waals surface area contributed by atoms with Gasteiger partial charge >= 0.3 is 0 Å². The molecule has 1 heterocycles. The quantitative estimate of drug-likeness (QED) is 0.230. The van der Waals surface area contributed by atoms with E-state index < -0.39 is 0 Å². The average Bonchev–Trinajstić information content (AvgIpc) is 1.86. The van der Waals surface area contributed by atoms with Gasteiger partial charge in [-0.1, -0.05) is 0 Å². The van der Waals surface area contributed by atoms with Crippen molar-refractivity contribution < 1.29 is 4.42 Å². The molecule has 0 aliphatic carbocycles. The molecule has 0 saturated heterocycles. The van der Waals surface area contributed by atoms with Crippen LogP contribution in [0.4, 0.5) is 0 Å². The van der Waals surface area contributed by atoms with Crippen molar-refractivity contribution in [2.75, 3.05) is 6.61 Å². The van der Waals surface area contributed by atoms with E-state index in [1.165, 1.54) is 0 Å². The van der Waals surface area contributed by atoms with Gasteiger partial charge in [0.2, 0.25) is 12.9 Å². The van der Waals surface area contributed by atoms with E-state index in [4.69, 9.17) is 4.42 Å². The van der Waals surface area contributed by atoms with E-state index in [9.17, 15) is 0 Å². The molecule has 0 aromatic heterocycles. The van der Waals surface area contributed by atoms with Gasteiger partial charge in [0, 0.05) is 6.42 Å². The molecule has 0 saturated carbocycles. The number of hydrogen-bond donors (Lipinski definition) is 0. The molecular formula is C5H6O. The first kappa shape index (κ1) is 3.59. The molecule has 0 fully saturated rings. The van der Waals surface area contributed by atoms with Crippen molar-refractivity contribution >= 4 is 6.29 Å². The standard InChI is InChI=1S/C5H6O/c1-5-2-3-6-4-5/h1-3H2. The SMILES string of the molecule is C=C1[C-]=[O+]CC1. The molecule has 0 bridgehead atoms. The summed E-state index contributed by atoms with van der Waals surface area (Å²) in [4.78, 5) is 0. The Hall–Kier alpha value is -0.590. The highest BCUT2D eigenvalue weighted by Gasteiger charge is 1.98. The molecular weight excluding hydrogens is 76.1 g/mol. The van der Waals surface area contributed by atoms with Crippen LogP contribution in [-0.4, -0.2) is 12.9 Å². The zero-order valence-electron chi connectivity index (χ0n) is 3.53. The van der Waals surface area contributed by atoms with Gasteiger partial charge in [0.05, 0.1) is 0 Å². The molecule has 0 spiro atoms. The number of carbonyl (C=O) groups excluding carboxylic acids is 1. The highest BCUT2D eigenvalue weighted by molar-refractivity contribution is 5.74. The highest BCUT2D eigenvalue weighted by Crippen LogP contribution is 1.96. The summed E-state index contributed by atoms with van der Waals surface area (Å²) in [5, 5.41) is 0. The Morgan fingerprint density at radius 2 is 2.67 bits per heavy atom. The summed E-state index contributed by atoms with van der Waals surface area (Å²) >= 11 is 0. The topological polar surface area (TPSA) is 11.3 Å². The zero-order valence-corrected chi connectivity index (χ0v) is 3.53. The van der Waals surface area contributed by atoms with Gasteiger partial charge in [0.1, 0.15) is 0 Å². The van der Waals surface area contributed by atoms with Crippen LogP contribution in [-0.2, 0) is 4.42 Å². The van der Waals surface area contributed by atoms with Crippen molar-refractivity contribution in [1.82, 2.24) is 0 Å². The number of rotatable bonds is 0. The lowest BCUT2D eigenvalue weighted by atomic mass is 10.3.